The number of hydrogen-bond donors (Lipinski definition) is 3. The number of urea groups is 1. The van der Waals surface area contributed by atoms with Crippen LogP contribution in [0.25, 0.3) is 6.08 Å². The summed E-state index contributed by atoms with van der Waals surface area (Å²) in [6.07, 6.45) is 3.14. The van der Waals surface area contributed by atoms with Gasteiger partial charge in [-0.3, -0.25) is 4.79 Å². The van der Waals surface area contributed by atoms with Crippen molar-refractivity contribution in [3.63, 3.8) is 0 Å². The number of aryl methyl sites for hydroxylation is 1. The van der Waals surface area contributed by atoms with Crippen LogP contribution in [0.1, 0.15) is 30.1 Å². The number of hydrogen-bond acceptors (Lipinski definition) is 5. The first-order valence-corrected chi connectivity index (χ1v) is 11.1. The van der Waals surface area contributed by atoms with Crippen molar-refractivity contribution in [3.8, 4) is 5.75 Å². The zero-order chi connectivity index (χ0) is 22.9. The molecule has 0 fully saturated rings. The van der Waals surface area contributed by atoms with Crippen molar-refractivity contribution in [3.05, 3.63) is 76.3 Å². The summed E-state index contributed by atoms with van der Waals surface area (Å²) in [6, 6.07) is 14.2. The summed E-state index contributed by atoms with van der Waals surface area (Å²) in [5, 5.41) is 11.3. The summed E-state index contributed by atoms with van der Waals surface area (Å²) >= 11 is 1.59. The number of aromatic nitrogens is 1. The Hall–Kier alpha value is -3.65. The largest absolute Gasteiger partial charge is 0.487 e. The molecule has 0 atom stereocenters. The third-order valence-corrected chi connectivity index (χ3v) is 5.01. The molecular weight excluding hydrogens is 424 g/mol. The minimum atomic E-state index is -0.332. The van der Waals surface area contributed by atoms with E-state index >= 15 is 0 Å². The molecule has 3 N–H and O–H groups in total. The molecule has 0 unspecified atom stereocenters. The minimum absolute atomic E-state index is 0.00468. The topological polar surface area (TPSA) is 92.3 Å². The highest BCUT2D eigenvalue weighted by Gasteiger charge is 2.09. The van der Waals surface area contributed by atoms with Gasteiger partial charge in [0.1, 0.15) is 12.4 Å². The number of nitrogens with one attached hydrogen (secondary N) is 3. The molecule has 3 aromatic rings. The van der Waals surface area contributed by atoms with Crippen LogP contribution in [0.3, 0.4) is 0 Å². The number of benzene rings is 2. The highest BCUT2D eigenvalue weighted by Crippen LogP contribution is 2.21. The highest BCUT2D eigenvalue weighted by atomic mass is 32.1. The zero-order valence-electron chi connectivity index (χ0n) is 18.2. The van der Waals surface area contributed by atoms with Gasteiger partial charge in [0.2, 0.25) is 5.91 Å². The summed E-state index contributed by atoms with van der Waals surface area (Å²) < 4.78 is 5.79. The maximum Gasteiger partial charge on any atom is 0.319 e. The third-order valence-electron chi connectivity index (χ3n) is 4.19. The van der Waals surface area contributed by atoms with E-state index in [4.69, 9.17) is 4.74 Å². The van der Waals surface area contributed by atoms with Crippen molar-refractivity contribution in [1.82, 2.24) is 10.3 Å². The molecule has 0 aliphatic heterocycles. The van der Waals surface area contributed by atoms with E-state index in [0.29, 0.717) is 23.7 Å². The summed E-state index contributed by atoms with van der Waals surface area (Å²) in [7, 11) is 0. The molecule has 7 nitrogen and oxygen atoms in total. The molecular formula is C24H26N4O3S. The minimum Gasteiger partial charge on any atom is -0.487 e. The lowest BCUT2D eigenvalue weighted by molar-refractivity contribution is -0.111. The number of nitrogens with zero attached hydrogens (tertiary/aromatic N) is 1. The maximum atomic E-state index is 12.4. The van der Waals surface area contributed by atoms with E-state index in [-0.39, 0.29) is 18.0 Å². The zero-order valence-corrected chi connectivity index (χ0v) is 19.0. The highest BCUT2D eigenvalue weighted by molar-refractivity contribution is 7.09. The molecule has 8 heteroatoms. The standard InChI is InChI=1S/C24H26N4O3S/c1-16(2)25-24(30)28-22-10-5-4-9-21(22)27-23(29)12-11-18-7-6-8-20(13-18)31-14-19-15-32-17(3)26-19/h4-13,15-16H,14H2,1-3H3,(H,27,29)(H2,25,28,30)/b12-11+. The molecule has 0 aliphatic rings. The Morgan fingerprint density at radius 2 is 1.84 bits per heavy atom. The second kappa shape index (κ2) is 11.1. The van der Waals surface area contributed by atoms with Crippen molar-refractivity contribution in [1.29, 1.82) is 0 Å². The molecule has 0 aliphatic carbocycles. The van der Waals surface area contributed by atoms with Gasteiger partial charge < -0.3 is 20.7 Å². The maximum absolute atomic E-state index is 12.4. The molecule has 0 saturated carbocycles. The fourth-order valence-electron chi connectivity index (χ4n) is 2.81. The van der Waals surface area contributed by atoms with E-state index in [1.165, 1.54) is 6.08 Å². The smallest absolute Gasteiger partial charge is 0.319 e. The monoisotopic (exact) mass is 450 g/mol. The Labute approximate surface area is 191 Å². The number of carbonyl (C=O) groups is 2. The van der Waals surface area contributed by atoms with Crippen molar-refractivity contribution in [2.75, 3.05) is 10.6 Å². The molecule has 1 heterocycles. The van der Waals surface area contributed by atoms with E-state index in [1.54, 1.807) is 41.7 Å². The summed E-state index contributed by atoms with van der Waals surface area (Å²) in [5.41, 5.74) is 2.74. The molecule has 3 rings (SSSR count). The molecule has 1 aromatic heterocycles. The van der Waals surface area contributed by atoms with Gasteiger partial charge in [0.25, 0.3) is 0 Å². The van der Waals surface area contributed by atoms with Gasteiger partial charge in [0.05, 0.1) is 22.1 Å². The van der Waals surface area contributed by atoms with Gasteiger partial charge in [0, 0.05) is 17.5 Å². The van der Waals surface area contributed by atoms with Crippen molar-refractivity contribution in [2.45, 2.75) is 33.4 Å². The van der Waals surface area contributed by atoms with Crippen molar-refractivity contribution >= 4 is 40.7 Å². The quantitative estimate of drug-likeness (QED) is 0.411. The predicted octanol–water partition coefficient (Wildman–Crippen LogP) is 5.21. The molecule has 0 radical (unpaired) electrons. The molecule has 32 heavy (non-hydrogen) atoms. The fourth-order valence-corrected chi connectivity index (χ4v) is 3.41. The number of ether oxygens (including phenoxy) is 1. The Morgan fingerprint density at radius 3 is 2.53 bits per heavy atom. The van der Waals surface area contributed by atoms with E-state index in [2.05, 4.69) is 20.9 Å². The molecule has 166 valence electrons. The van der Waals surface area contributed by atoms with Crippen LogP contribution in [0.15, 0.2) is 60.0 Å². The summed E-state index contributed by atoms with van der Waals surface area (Å²) in [6.45, 7) is 6.10. The van der Waals surface area contributed by atoms with Crippen LogP contribution in [0.2, 0.25) is 0 Å². The lowest BCUT2D eigenvalue weighted by Gasteiger charge is -2.13. The van der Waals surface area contributed by atoms with Crippen LogP contribution in [0, 0.1) is 6.92 Å². The number of carbonyl (C=O) groups excluding carboxylic acids is 2. The van der Waals surface area contributed by atoms with Crippen LogP contribution < -0.4 is 20.7 Å². The van der Waals surface area contributed by atoms with Crippen molar-refractivity contribution < 1.29 is 14.3 Å². The Balaban J connectivity index is 1.59. The van der Waals surface area contributed by atoms with Crippen LogP contribution in [0.4, 0.5) is 16.2 Å². The predicted molar refractivity (Wildman–Crippen MR) is 129 cm³/mol. The number of amides is 3. The molecule has 0 spiro atoms. The first-order valence-electron chi connectivity index (χ1n) is 10.2. The fraction of sp³-hybridized carbons (Fsp3) is 0.208. The molecule has 2 aromatic carbocycles. The first kappa shape index (κ1) is 23.0. The van der Waals surface area contributed by atoms with Crippen LogP contribution in [0.5, 0.6) is 5.75 Å². The average molecular weight is 451 g/mol. The van der Waals surface area contributed by atoms with Gasteiger partial charge in [-0.25, -0.2) is 9.78 Å². The first-order chi connectivity index (χ1) is 15.4. The number of thiazole rings is 1. The van der Waals surface area contributed by atoms with Gasteiger partial charge >= 0.3 is 6.03 Å². The van der Waals surface area contributed by atoms with Crippen LogP contribution >= 0.6 is 11.3 Å². The van der Waals surface area contributed by atoms with Gasteiger partial charge in [0.15, 0.2) is 0 Å². The normalized spacial score (nSPS) is 10.9. The molecule has 0 saturated heterocycles. The van der Waals surface area contributed by atoms with E-state index in [9.17, 15) is 9.59 Å². The number of anilines is 2. The average Bonchev–Trinajstić information content (AvgIpc) is 3.17. The number of para-hydroxylation sites is 2. The van der Waals surface area contributed by atoms with E-state index in [1.807, 2.05) is 50.4 Å². The SMILES string of the molecule is Cc1nc(COc2cccc(/C=C/C(=O)Nc3ccccc3NC(=O)NC(C)C)c2)cs1. The van der Waals surface area contributed by atoms with E-state index in [0.717, 1.165) is 16.3 Å². The molecule has 0 bridgehead atoms. The van der Waals surface area contributed by atoms with E-state index < -0.39 is 0 Å². The Morgan fingerprint density at radius 1 is 1.09 bits per heavy atom. The lowest BCUT2D eigenvalue weighted by Crippen LogP contribution is -2.34. The second-order valence-corrected chi connectivity index (χ2v) is 8.40. The van der Waals surface area contributed by atoms with Gasteiger partial charge in [-0.2, -0.15) is 0 Å². The van der Waals surface area contributed by atoms with Gasteiger partial charge in [-0.15, -0.1) is 11.3 Å². The van der Waals surface area contributed by atoms with Crippen LogP contribution in [-0.4, -0.2) is 23.0 Å². The summed E-state index contributed by atoms with van der Waals surface area (Å²) in [4.78, 5) is 28.8. The number of rotatable bonds is 8. The van der Waals surface area contributed by atoms with Crippen molar-refractivity contribution in [2.24, 2.45) is 0 Å². The Bertz CT molecular complexity index is 1110. The third kappa shape index (κ3) is 7.24. The second-order valence-electron chi connectivity index (χ2n) is 7.34. The van der Waals surface area contributed by atoms with Gasteiger partial charge in [-0.05, 0) is 56.7 Å². The Kier molecular flexibility index (Phi) is 7.99. The lowest BCUT2D eigenvalue weighted by atomic mass is 10.2. The van der Waals surface area contributed by atoms with Gasteiger partial charge in [-0.1, -0.05) is 24.3 Å². The molecule has 3 amide bonds. The van der Waals surface area contributed by atoms with Crippen LogP contribution in [-0.2, 0) is 11.4 Å². The summed E-state index contributed by atoms with van der Waals surface area (Å²) in [5.74, 6) is 0.386.